The van der Waals surface area contributed by atoms with Crippen molar-refractivity contribution in [1.29, 1.82) is 0 Å². The van der Waals surface area contributed by atoms with Crippen LogP contribution in [-0.4, -0.2) is 41.9 Å². The predicted octanol–water partition coefficient (Wildman–Crippen LogP) is 5.09. The van der Waals surface area contributed by atoms with Gasteiger partial charge in [-0.1, -0.05) is 35.9 Å². The number of aryl methyl sites for hydroxylation is 2. The molecule has 0 aliphatic carbocycles. The third-order valence-corrected chi connectivity index (χ3v) is 5.78. The van der Waals surface area contributed by atoms with E-state index in [1.54, 1.807) is 6.07 Å². The fourth-order valence-electron chi connectivity index (χ4n) is 3.74. The van der Waals surface area contributed by atoms with E-state index < -0.39 is 0 Å². The van der Waals surface area contributed by atoms with Crippen LogP contribution >= 0.6 is 11.6 Å². The van der Waals surface area contributed by atoms with Crippen molar-refractivity contribution in [3.05, 3.63) is 87.8 Å². The fraction of sp³-hybridized carbons (Fsp3) is 0.320. The Kier molecular flexibility index (Phi) is 6.64. The van der Waals surface area contributed by atoms with Crippen molar-refractivity contribution in [3.8, 4) is 5.75 Å². The van der Waals surface area contributed by atoms with Gasteiger partial charge in [0.05, 0.1) is 0 Å². The van der Waals surface area contributed by atoms with E-state index in [2.05, 4.69) is 17.0 Å². The molecule has 0 saturated carbocycles. The molecular weight excluding hydrogens is 412 g/mol. The first-order chi connectivity index (χ1) is 15.0. The molecule has 0 N–H and O–H groups in total. The summed E-state index contributed by atoms with van der Waals surface area (Å²) in [6.45, 7) is 8.17. The van der Waals surface area contributed by atoms with Crippen molar-refractivity contribution < 1.29 is 13.9 Å². The highest BCUT2D eigenvalue weighted by atomic mass is 35.5. The smallest absolute Gasteiger partial charge is 0.289 e. The molecule has 2 aromatic carbocycles. The zero-order valence-electron chi connectivity index (χ0n) is 17.9. The van der Waals surface area contributed by atoms with E-state index in [1.165, 1.54) is 5.56 Å². The lowest BCUT2D eigenvalue weighted by Gasteiger charge is -2.34. The first-order valence-corrected chi connectivity index (χ1v) is 10.9. The molecule has 1 fully saturated rings. The van der Waals surface area contributed by atoms with Crippen LogP contribution in [0.25, 0.3) is 0 Å². The third-order valence-electron chi connectivity index (χ3n) is 5.54. The van der Waals surface area contributed by atoms with Crippen LogP contribution in [0.2, 0.25) is 5.02 Å². The Morgan fingerprint density at radius 2 is 1.84 bits per heavy atom. The number of amides is 1. The lowest BCUT2D eigenvalue weighted by Crippen LogP contribution is -2.48. The largest absolute Gasteiger partial charge is 0.485 e. The van der Waals surface area contributed by atoms with Crippen LogP contribution in [-0.2, 0) is 13.2 Å². The summed E-state index contributed by atoms with van der Waals surface area (Å²) in [5.41, 5.74) is 3.40. The van der Waals surface area contributed by atoms with Crippen LogP contribution in [0.1, 0.15) is 33.0 Å². The maximum atomic E-state index is 12.9. The van der Waals surface area contributed by atoms with Crippen molar-refractivity contribution in [2.24, 2.45) is 0 Å². The molecular formula is C25H27ClN2O3. The Labute approximate surface area is 188 Å². The molecule has 0 unspecified atom stereocenters. The van der Waals surface area contributed by atoms with Crippen LogP contribution in [0.4, 0.5) is 0 Å². The van der Waals surface area contributed by atoms with E-state index in [0.717, 1.165) is 41.5 Å². The van der Waals surface area contributed by atoms with Crippen molar-refractivity contribution in [2.75, 3.05) is 26.2 Å². The number of furan rings is 1. The van der Waals surface area contributed by atoms with E-state index in [1.807, 2.05) is 55.1 Å². The molecule has 162 valence electrons. The summed E-state index contributed by atoms with van der Waals surface area (Å²) in [6, 6.07) is 17.6. The molecule has 0 bridgehead atoms. The molecule has 31 heavy (non-hydrogen) atoms. The van der Waals surface area contributed by atoms with Gasteiger partial charge >= 0.3 is 0 Å². The first-order valence-electron chi connectivity index (χ1n) is 10.5. The number of benzene rings is 2. The number of hydrogen-bond acceptors (Lipinski definition) is 4. The van der Waals surface area contributed by atoms with Gasteiger partial charge in [-0.2, -0.15) is 0 Å². The van der Waals surface area contributed by atoms with Crippen molar-refractivity contribution in [3.63, 3.8) is 0 Å². The van der Waals surface area contributed by atoms with E-state index >= 15 is 0 Å². The number of ether oxygens (including phenoxy) is 1. The Hall–Kier alpha value is -2.76. The average Bonchev–Trinajstić information content (AvgIpc) is 3.23. The van der Waals surface area contributed by atoms with Crippen LogP contribution in [0.15, 0.2) is 59.0 Å². The van der Waals surface area contributed by atoms with Crippen LogP contribution in [0.3, 0.4) is 0 Å². The molecule has 0 atom stereocenters. The SMILES string of the molecule is Cc1ccc(C)c(OCc2ccc(C(=O)N3CCN(Cc4cccc(Cl)c4)CC3)o2)c1. The van der Waals surface area contributed by atoms with Gasteiger partial charge in [-0.25, -0.2) is 0 Å². The molecule has 1 aliphatic rings. The van der Waals surface area contributed by atoms with Crippen molar-refractivity contribution in [1.82, 2.24) is 9.80 Å². The zero-order chi connectivity index (χ0) is 21.8. The molecule has 3 aromatic rings. The Morgan fingerprint density at radius 1 is 1.03 bits per heavy atom. The molecule has 1 aromatic heterocycles. The van der Waals surface area contributed by atoms with E-state index in [9.17, 15) is 4.79 Å². The number of halogens is 1. The minimum absolute atomic E-state index is 0.0691. The van der Waals surface area contributed by atoms with E-state index in [-0.39, 0.29) is 5.91 Å². The standard InChI is InChI=1S/C25H27ClN2O3/c1-18-6-7-19(2)24(14-18)30-17-22-8-9-23(31-22)25(29)28-12-10-27(11-13-28)16-20-4-3-5-21(26)15-20/h3-9,14-15H,10-13,16-17H2,1-2H3. The second-order valence-electron chi connectivity index (χ2n) is 8.02. The van der Waals surface area contributed by atoms with Gasteiger partial charge in [0, 0.05) is 37.7 Å². The average molecular weight is 439 g/mol. The van der Waals surface area contributed by atoms with Crippen LogP contribution < -0.4 is 4.74 Å². The number of carbonyl (C=O) groups excluding carboxylic acids is 1. The molecule has 0 spiro atoms. The number of nitrogens with zero attached hydrogens (tertiary/aromatic N) is 2. The zero-order valence-corrected chi connectivity index (χ0v) is 18.7. The number of rotatable bonds is 6. The van der Waals surface area contributed by atoms with E-state index in [0.29, 0.717) is 31.2 Å². The number of carbonyl (C=O) groups is 1. The number of hydrogen-bond donors (Lipinski definition) is 0. The van der Waals surface area contributed by atoms with Gasteiger partial charge in [0.15, 0.2) is 5.76 Å². The Bertz CT molecular complexity index is 1050. The van der Waals surface area contributed by atoms with Crippen LogP contribution in [0, 0.1) is 13.8 Å². The summed E-state index contributed by atoms with van der Waals surface area (Å²) < 4.78 is 11.7. The normalized spacial score (nSPS) is 14.6. The van der Waals surface area contributed by atoms with Gasteiger partial charge in [0.1, 0.15) is 18.1 Å². The summed E-state index contributed by atoms with van der Waals surface area (Å²) >= 11 is 6.08. The highest BCUT2D eigenvalue weighted by molar-refractivity contribution is 6.30. The Balaban J connectivity index is 1.29. The molecule has 1 amide bonds. The second-order valence-corrected chi connectivity index (χ2v) is 8.46. The third kappa shape index (κ3) is 5.49. The highest BCUT2D eigenvalue weighted by Crippen LogP contribution is 2.21. The molecule has 1 saturated heterocycles. The molecule has 4 rings (SSSR count). The molecule has 5 nitrogen and oxygen atoms in total. The lowest BCUT2D eigenvalue weighted by molar-refractivity contribution is 0.0594. The van der Waals surface area contributed by atoms with Gasteiger partial charge in [-0.15, -0.1) is 0 Å². The molecule has 1 aliphatic heterocycles. The summed E-state index contributed by atoms with van der Waals surface area (Å²) in [5, 5.41) is 0.751. The molecule has 6 heteroatoms. The van der Waals surface area contributed by atoms with E-state index in [4.69, 9.17) is 20.8 Å². The quantitative estimate of drug-likeness (QED) is 0.538. The van der Waals surface area contributed by atoms with Crippen LogP contribution in [0.5, 0.6) is 5.75 Å². The Morgan fingerprint density at radius 3 is 2.61 bits per heavy atom. The van der Waals surface area contributed by atoms with Gasteiger partial charge in [-0.05, 0) is 60.9 Å². The van der Waals surface area contributed by atoms with Gasteiger partial charge < -0.3 is 14.1 Å². The summed E-state index contributed by atoms with van der Waals surface area (Å²) in [7, 11) is 0. The number of piperazine rings is 1. The second kappa shape index (κ2) is 9.58. The molecule has 2 heterocycles. The monoisotopic (exact) mass is 438 g/mol. The van der Waals surface area contributed by atoms with Crippen molar-refractivity contribution in [2.45, 2.75) is 27.0 Å². The summed E-state index contributed by atoms with van der Waals surface area (Å²) in [6.07, 6.45) is 0. The first kappa shape index (κ1) is 21.5. The van der Waals surface area contributed by atoms with Crippen molar-refractivity contribution >= 4 is 17.5 Å². The minimum atomic E-state index is -0.0691. The summed E-state index contributed by atoms with van der Waals surface area (Å²) in [5.74, 6) is 1.77. The predicted molar refractivity (Wildman–Crippen MR) is 122 cm³/mol. The van der Waals surface area contributed by atoms with Gasteiger partial charge in [0.25, 0.3) is 5.91 Å². The van der Waals surface area contributed by atoms with Gasteiger partial charge in [-0.3, -0.25) is 9.69 Å². The maximum absolute atomic E-state index is 12.9. The fourth-order valence-corrected chi connectivity index (χ4v) is 3.95. The molecule has 0 radical (unpaired) electrons. The minimum Gasteiger partial charge on any atom is -0.485 e. The highest BCUT2D eigenvalue weighted by Gasteiger charge is 2.24. The lowest BCUT2D eigenvalue weighted by atomic mass is 10.1. The summed E-state index contributed by atoms with van der Waals surface area (Å²) in [4.78, 5) is 17.0. The topological polar surface area (TPSA) is 45.9 Å². The van der Waals surface area contributed by atoms with Gasteiger partial charge in [0.2, 0.25) is 0 Å². The maximum Gasteiger partial charge on any atom is 0.289 e.